The van der Waals surface area contributed by atoms with Crippen LogP contribution in [0.1, 0.15) is 0 Å². The zero-order chi connectivity index (χ0) is 17.8. The topological polar surface area (TPSA) is 49.3 Å². The van der Waals surface area contributed by atoms with Crippen LogP contribution in [-0.4, -0.2) is 52.7 Å². The maximum absolute atomic E-state index is 12.4. The number of anilines is 1. The van der Waals surface area contributed by atoms with Crippen LogP contribution in [0.15, 0.2) is 51.6 Å². The zero-order valence-electron chi connectivity index (χ0n) is 14.1. The van der Waals surface area contributed by atoms with Crippen LogP contribution >= 0.6 is 34.4 Å². The first-order valence-corrected chi connectivity index (χ1v) is 11.1. The molecule has 1 fully saturated rings. The average Bonchev–Trinajstić information content (AvgIpc) is 3.38. The summed E-state index contributed by atoms with van der Waals surface area (Å²) in [6.07, 6.45) is 3.51. The minimum Gasteiger partial charge on any atom is -0.345 e. The number of hydrogen-bond acceptors (Lipinski definition) is 7. The molecule has 0 N–H and O–H groups in total. The van der Waals surface area contributed by atoms with E-state index in [1.165, 1.54) is 5.56 Å². The van der Waals surface area contributed by atoms with Crippen LogP contribution in [0.3, 0.4) is 0 Å². The third-order valence-electron chi connectivity index (χ3n) is 4.22. The molecule has 4 rings (SSSR count). The van der Waals surface area contributed by atoms with E-state index < -0.39 is 0 Å². The van der Waals surface area contributed by atoms with Crippen molar-refractivity contribution >= 4 is 45.5 Å². The van der Waals surface area contributed by atoms with E-state index in [9.17, 15) is 4.79 Å². The van der Waals surface area contributed by atoms with Crippen molar-refractivity contribution in [3.63, 3.8) is 0 Å². The molecule has 0 aromatic carbocycles. The maximum atomic E-state index is 12.4. The molecule has 8 heteroatoms. The largest absolute Gasteiger partial charge is 0.345 e. The molecule has 1 aliphatic rings. The number of thiazole rings is 1. The van der Waals surface area contributed by atoms with Crippen molar-refractivity contribution in [1.29, 1.82) is 0 Å². The first-order valence-electron chi connectivity index (χ1n) is 8.33. The fourth-order valence-corrected chi connectivity index (χ4v) is 5.10. The summed E-state index contributed by atoms with van der Waals surface area (Å²) in [7, 11) is 0. The van der Waals surface area contributed by atoms with Crippen LogP contribution in [0.25, 0.3) is 11.3 Å². The molecule has 134 valence electrons. The van der Waals surface area contributed by atoms with E-state index in [0.29, 0.717) is 5.75 Å². The summed E-state index contributed by atoms with van der Waals surface area (Å²) >= 11 is 4.93. The highest BCUT2D eigenvalue weighted by molar-refractivity contribution is 8.00. The average molecular weight is 403 g/mol. The van der Waals surface area contributed by atoms with Crippen LogP contribution in [0, 0.1) is 0 Å². The van der Waals surface area contributed by atoms with Crippen LogP contribution in [0.4, 0.5) is 5.13 Å². The fraction of sp³-hybridized carbons (Fsp3) is 0.278. The molecule has 1 aliphatic heterocycles. The Kier molecular flexibility index (Phi) is 5.52. The highest BCUT2D eigenvalue weighted by Crippen LogP contribution is 2.29. The molecule has 0 atom stereocenters. The summed E-state index contributed by atoms with van der Waals surface area (Å²) in [4.78, 5) is 26.5. The van der Waals surface area contributed by atoms with Gasteiger partial charge in [0, 0.05) is 59.8 Å². The lowest BCUT2D eigenvalue weighted by atomic mass is 10.3. The summed E-state index contributed by atoms with van der Waals surface area (Å²) in [5, 5.41) is 7.35. The second-order valence-corrected chi connectivity index (χ2v) is 8.53. The molecule has 0 spiro atoms. The Balaban J connectivity index is 1.29. The number of amides is 1. The molecule has 0 aliphatic carbocycles. The smallest absolute Gasteiger partial charge is 0.233 e. The van der Waals surface area contributed by atoms with E-state index in [2.05, 4.69) is 32.1 Å². The van der Waals surface area contributed by atoms with E-state index in [0.717, 1.165) is 41.9 Å². The van der Waals surface area contributed by atoms with Crippen LogP contribution < -0.4 is 4.90 Å². The van der Waals surface area contributed by atoms with Gasteiger partial charge in [0.1, 0.15) is 0 Å². The Morgan fingerprint density at radius 2 is 1.92 bits per heavy atom. The number of hydrogen-bond donors (Lipinski definition) is 0. The molecule has 26 heavy (non-hydrogen) atoms. The number of thioether (sulfide) groups is 1. The van der Waals surface area contributed by atoms with Crippen molar-refractivity contribution < 1.29 is 4.79 Å². The summed E-state index contributed by atoms with van der Waals surface area (Å²) in [5.41, 5.74) is 2.22. The maximum Gasteiger partial charge on any atom is 0.233 e. The van der Waals surface area contributed by atoms with Crippen LogP contribution in [0.2, 0.25) is 0 Å². The van der Waals surface area contributed by atoms with Gasteiger partial charge in [0.2, 0.25) is 5.91 Å². The van der Waals surface area contributed by atoms with Gasteiger partial charge in [-0.2, -0.15) is 11.3 Å². The van der Waals surface area contributed by atoms with Gasteiger partial charge in [-0.15, -0.1) is 23.1 Å². The van der Waals surface area contributed by atoms with Crippen molar-refractivity contribution in [1.82, 2.24) is 14.9 Å². The Morgan fingerprint density at radius 3 is 2.65 bits per heavy atom. The van der Waals surface area contributed by atoms with Gasteiger partial charge in [-0.05, 0) is 23.6 Å². The van der Waals surface area contributed by atoms with Gasteiger partial charge in [-0.25, -0.2) is 4.98 Å². The molecule has 1 saturated heterocycles. The van der Waals surface area contributed by atoms with Crippen molar-refractivity contribution in [2.75, 3.05) is 36.8 Å². The standard InChI is InChI=1S/C18H18N4OS3/c23-17(13-25-15-1-4-19-5-2-15)21-6-8-22(9-7-21)18-20-16(12-26-18)14-3-10-24-11-14/h1-5,10-12H,6-9,13H2. The second kappa shape index (κ2) is 8.20. The lowest BCUT2D eigenvalue weighted by molar-refractivity contribution is -0.128. The molecule has 0 saturated carbocycles. The number of aromatic nitrogens is 2. The fourth-order valence-electron chi connectivity index (χ4n) is 2.77. The molecule has 0 bridgehead atoms. The first-order chi connectivity index (χ1) is 12.8. The molecule has 0 unspecified atom stereocenters. The van der Waals surface area contributed by atoms with Crippen molar-refractivity contribution in [2.24, 2.45) is 0 Å². The zero-order valence-corrected chi connectivity index (χ0v) is 16.5. The van der Waals surface area contributed by atoms with Gasteiger partial charge in [-0.3, -0.25) is 9.78 Å². The lowest BCUT2D eigenvalue weighted by Gasteiger charge is -2.34. The monoisotopic (exact) mass is 402 g/mol. The third-order valence-corrected chi connectivity index (χ3v) is 6.81. The molecule has 4 heterocycles. The Morgan fingerprint density at radius 1 is 1.12 bits per heavy atom. The SMILES string of the molecule is O=C(CSc1ccncc1)N1CCN(c2nc(-c3ccsc3)cs2)CC1. The summed E-state index contributed by atoms with van der Waals surface area (Å²) in [5.74, 6) is 0.674. The quantitative estimate of drug-likeness (QED) is 0.609. The normalized spacial score (nSPS) is 14.6. The van der Waals surface area contributed by atoms with E-state index in [-0.39, 0.29) is 5.91 Å². The molecule has 5 nitrogen and oxygen atoms in total. The summed E-state index contributed by atoms with van der Waals surface area (Å²) < 4.78 is 0. The predicted octanol–water partition coefficient (Wildman–Crippen LogP) is 3.71. The summed E-state index contributed by atoms with van der Waals surface area (Å²) in [6, 6.07) is 5.97. The summed E-state index contributed by atoms with van der Waals surface area (Å²) in [6.45, 7) is 3.18. The van der Waals surface area contributed by atoms with Gasteiger partial charge in [-0.1, -0.05) is 0 Å². The predicted molar refractivity (Wildman–Crippen MR) is 109 cm³/mol. The van der Waals surface area contributed by atoms with Crippen LogP contribution in [-0.2, 0) is 4.79 Å². The Bertz CT molecular complexity index is 842. The van der Waals surface area contributed by atoms with E-state index >= 15 is 0 Å². The molecule has 3 aromatic heterocycles. The third kappa shape index (κ3) is 4.08. The van der Waals surface area contributed by atoms with Gasteiger partial charge in [0.15, 0.2) is 5.13 Å². The number of nitrogens with zero attached hydrogens (tertiary/aromatic N) is 4. The van der Waals surface area contributed by atoms with Crippen molar-refractivity contribution in [3.8, 4) is 11.3 Å². The molecular weight excluding hydrogens is 384 g/mol. The minimum absolute atomic E-state index is 0.199. The molecule has 3 aromatic rings. The first kappa shape index (κ1) is 17.5. The lowest BCUT2D eigenvalue weighted by Crippen LogP contribution is -2.49. The minimum atomic E-state index is 0.199. The van der Waals surface area contributed by atoms with Gasteiger partial charge in [0.25, 0.3) is 0 Å². The van der Waals surface area contributed by atoms with Crippen LogP contribution in [0.5, 0.6) is 0 Å². The number of pyridine rings is 1. The Labute approximate surface area is 164 Å². The number of thiophene rings is 1. The van der Waals surface area contributed by atoms with Gasteiger partial charge in [0.05, 0.1) is 11.4 Å². The highest BCUT2D eigenvalue weighted by atomic mass is 32.2. The van der Waals surface area contributed by atoms with E-state index in [1.807, 2.05) is 17.0 Å². The van der Waals surface area contributed by atoms with Crippen molar-refractivity contribution in [3.05, 3.63) is 46.7 Å². The molecular formula is C18H18N4OS3. The van der Waals surface area contributed by atoms with E-state index in [4.69, 9.17) is 4.98 Å². The highest BCUT2D eigenvalue weighted by Gasteiger charge is 2.23. The van der Waals surface area contributed by atoms with E-state index in [1.54, 1.807) is 46.8 Å². The van der Waals surface area contributed by atoms with Gasteiger partial charge < -0.3 is 9.80 Å². The molecule has 1 amide bonds. The second-order valence-electron chi connectivity index (χ2n) is 5.87. The van der Waals surface area contributed by atoms with Gasteiger partial charge >= 0.3 is 0 Å². The van der Waals surface area contributed by atoms with Crippen molar-refractivity contribution in [2.45, 2.75) is 4.90 Å². The number of rotatable bonds is 5. The Hall–Kier alpha value is -1.90. The number of carbonyl (C=O) groups excluding carboxylic acids is 1. The number of carbonyl (C=O) groups is 1. The number of piperazine rings is 1. The molecule has 0 radical (unpaired) electrons.